The summed E-state index contributed by atoms with van der Waals surface area (Å²) in [6, 6.07) is 13.4. The highest BCUT2D eigenvalue weighted by molar-refractivity contribution is 6.07. The Morgan fingerprint density at radius 1 is 1.09 bits per heavy atom. The lowest BCUT2D eigenvalue weighted by molar-refractivity contribution is -0.149. The predicted molar refractivity (Wildman–Crippen MR) is 122 cm³/mol. The molecule has 7 heteroatoms. The lowest BCUT2D eigenvalue weighted by atomic mass is 9.78. The third-order valence-corrected chi connectivity index (χ3v) is 7.16. The molecule has 3 heterocycles. The molecular weight excluding hydrogens is 418 g/mol. The van der Waals surface area contributed by atoms with Gasteiger partial charge < -0.3 is 19.5 Å². The Kier molecular flexibility index (Phi) is 5.56. The van der Waals surface area contributed by atoms with Gasteiger partial charge in [0.05, 0.1) is 11.6 Å². The standard InChI is InChI=1S/C26H29N3O4/c1-18-22(26(33-25(18)32)12-6-3-7-13-26)23(30)27-15-20-17-28-14-8-11-21(28)24(31)29(20)16-19-9-4-2-5-10-19/h2,4-5,8-11,14,20H,3,6-7,12-13,15-17H2,1H3,(H,27,30). The van der Waals surface area contributed by atoms with Crippen LogP contribution in [0, 0.1) is 0 Å². The molecule has 33 heavy (non-hydrogen) atoms. The third kappa shape index (κ3) is 3.86. The molecule has 2 aliphatic heterocycles. The molecule has 1 spiro atoms. The number of carbonyl (C=O) groups is 3. The van der Waals surface area contributed by atoms with E-state index in [4.69, 9.17) is 4.74 Å². The first-order chi connectivity index (χ1) is 16.0. The van der Waals surface area contributed by atoms with E-state index in [9.17, 15) is 14.4 Å². The van der Waals surface area contributed by atoms with Gasteiger partial charge in [-0.05, 0) is 50.3 Å². The molecule has 7 nitrogen and oxygen atoms in total. The van der Waals surface area contributed by atoms with E-state index in [1.54, 1.807) is 6.92 Å². The molecule has 1 N–H and O–H groups in total. The van der Waals surface area contributed by atoms with Crippen molar-refractivity contribution in [2.75, 3.05) is 6.54 Å². The van der Waals surface area contributed by atoms with Crippen LogP contribution in [0.15, 0.2) is 59.8 Å². The summed E-state index contributed by atoms with van der Waals surface area (Å²) in [6.07, 6.45) is 6.24. The van der Waals surface area contributed by atoms with Crippen molar-refractivity contribution < 1.29 is 19.1 Å². The van der Waals surface area contributed by atoms with Gasteiger partial charge in [-0.2, -0.15) is 0 Å². The van der Waals surface area contributed by atoms with E-state index in [2.05, 4.69) is 5.32 Å². The number of nitrogens with one attached hydrogen (secondary N) is 1. The van der Waals surface area contributed by atoms with Crippen LogP contribution in [0.4, 0.5) is 0 Å². The van der Waals surface area contributed by atoms with Gasteiger partial charge >= 0.3 is 5.97 Å². The summed E-state index contributed by atoms with van der Waals surface area (Å²) in [5, 5.41) is 3.04. The van der Waals surface area contributed by atoms with Crippen molar-refractivity contribution in [1.29, 1.82) is 0 Å². The molecule has 1 atom stereocenters. The first kappa shape index (κ1) is 21.5. The molecule has 1 unspecified atom stereocenters. The van der Waals surface area contributed by atoms with E-state index >= 15 is 0 Å². The minimum atomic E-state index is -0.788. The van der Waals surface area contributed by atoms with E-state index in [0.717, 1.165) is 24.8 Å². The van der Waals surface area contributed by atoms with E-state index in [0.29, 0.717) is 49.3 Å². The molecule has 0 radical (unpaired) electrons. The van der Waals surface area contributed by atoms with Crippen LogP contribution in [0.5, 0.6) is 0 Å². The van der Waals surface area contributed by atoms with Crippen LogP contribution in [0.1, 0.15) is 55.1 Å². The van der Waals surface area contributed by atoms with Gasteiger partial charge in [0, 0.05) is 31.4 Å². The zero-order valence-electron chi connectivity index (χ0n) is 18.9. The van der Waals surface area contributed by atoms with Gasteiger partial charge in [-0.25, -0.2) is 4.79 Å². The Labute approximate surface area is 193 Å². The maximum absolute atomic E-state index is 13.3. The molecule has 1 fully saturated rings. The van der Waals surface area contributed by atoms with Gasteiger partial charge in [-0.15, -0.1) is 0 Å². The van der Waals surface area contributed by atoms with Crippen molar-refractivity contribution in [3.8, 4) is 0 Å². The number of nitrogens with zero attached hydrogens (tertiary/aromatic N) is 2. The van der Waals surface area contributed by atoms with Crippen LogP contribution in [-0.4, -0.2) is 45.4 Å². The first-order valence-corrected chi connectivity index (χ1v) is 11.7. The Hall–Kier alpha value is -3.35. The predicted octanol–water partition coefficient (Wildman–Crippen LogP) is 3.21. The lowest BCUT2D eigenvalue weighted by Crippen LogP contribution is -2.53. The second kappa shape index (κ2) is 8.54. The fraction of sp³-hybridized carbons (Fsp3) is 0.423. The fourth-order valence-electron chi connectivity index (χ4n) is 5.46. The number of hydrogen-bond donors (Lipinski definition) is 1. The number of fused-ring (bicyclic) bond motifs is 1. The smallest absolute Gasteiger partial charge is 0.335 e. The topological polar surface area (TPSA) is 80.6 Å². The summed E-state index contributed by atoms with van der Waals surface area (Å²) in [5.74, 6) is -0.698. The number of ether oxygens (including phenoxy) is 1. The molecule has 2 aromatic rings. The zero-order chi connectivity index (χ0) is 23.0. The normalized spacial score (nSPS) is 21.8. The Morgan fingerprint density at radius 2 is 1.85 bits per heavy atom. The molecule has 1 aliphatic carbocycles. The van der Waals surface area contributed by atoms with Gasteiger partial charge in [0.15, 0.2) is 0 Å². The minimum Gasteiger partial charge on any atom is -0.451 e. The van der Waals surface area contributed by atoms with Crippen LogP contribution >= 0.6 is 0 Å². The molecular formula is C26H29N3O4. The van der Waals surface area contributed by atoms with Crippen molar-refractivity contribution in [1.82, 2.24) is 14.8 Å². The maximum Gasteiger partial charge on any atom is 0.335 e. The zero-order valence-corrected chi connectivity index (χ0v) is 18.9. The van der Waals surface area contributed by atoms with Crippen LogP contribution < -0.4 is 5.32 Å². The largest absolute Gasteiger partial charge is 0.451 e. The first-order valence-electron chi connectivity index (χ1n) is 11.7. The average molecular weight is 448 g/mol. The number of amides is 2. The van der Waals surface area contributed by atoms with Gasteiger partial charge in [0.1, 0.15) is 11.3 Å². The second-order valence-electron chi connectivity index (χ2n) is 9.27. The van der Waals surface area contributed by atoms with Crippen LogP contribution in [0.25, 0.3) is 0 Å². The molecule has 1 aromatic heterocycles. The SMILES string of the molecule is CC1=C(C(=O)NCC2Cn3cccc3C(=O)N2Cc2ccccc2)C2(CCCCC2)OC1=O. The van der Waals surface area contributed by atoms with Crippen LogP contribution in [0.3, 0.4) is 0 Å². The summed E-state index contributed by atoms with van der Waals surface area (Å²) in [6.45, 7) is 3.05. The molecule has 1 aromatic carbocycles. The molecule has 5 rings (SSSR count). The fourth-order valence-corrected chi connectivity index (χ4v) is 5.46. The van der Waals surface area contributed by atoms with Crippen LogP contribution in [0.2, 0.25) is 0 Å². The Morgan fingerprint density at radius 3 is 2.61 bits per heavy atom. The van der Waals surface area contributed by atoms with E-state index in [-0.39, 0.29) is 17.9 Å². The highest BCUT2D eigenvalue weighted by Gasteiger charge is 2.49. The summed E-state index contributed by atoms with van der Waals surface area (Å²) in [4.78, 5) is 40.8. The molecule has 1 saturated carbocycles. The van der Waals surface area contributed by atoms with Crippen molar-refractivity contribution in [2.24, 2.45) is 0 Å². The Bertz CT molecular complexity index is 1110. The monoisotopic (exact) mass is 447 g/mol. The van der Waals surface area contributed by atoms with Gasteiger partial charge in [0.25, 0.3) is 11.8 Å². The molecule has 172 valence electrons. The van der Waals surface area contributed by atoms with Gasteiger partial charge in [0.2, 0.25) is 0 Å². The highest BCUT2D eigenvalue weighted by atomic mass is 16.6. The second-order valence-corrected chi connectivity index (χ2v) is 9.27. The van der Waals surface area contributed by atoms with Crippen LogP contribution in [-0.2, 0) is 27.4 Å². The molecule has 0 saturated heterocycles. The summed E-state index contributed by atoms with van der Waals surface area (Å²) >= 11 is 0. The van der Waals surface area contributed by atoms with Crippen molar-refractivity contribution >= 4 is 17.8 Å². The average Bonchev–Trinajstić information content (AvgIpc) is 3.38. The number of carbonyl (C=O) groups excluding carboxylic acids is 3. The highest BCUT2D eigenvalue weighted by Crippen LogP contribution is 2.43. The number of rotatable bonds is 5. The Balaban J connectivity index is 1.36. The number of aromatic nitrogens is 1. The molecule has 3 aliphatic rings. The quantitative estimate of drug-likeness (QED) is 0.714. The number of hydrogen-bond acceptors (Lipinski definition) is 4. The van der Waals surface area contributed by atoms with E-state index < -0.39 is 11.6 Å². The van der Waals surface area contributed by atoms with Crippen molar-refractivity contribution in [2.45, 2.75) is 63.8 Å². The minimum absolute atomic E-state index is 0.0483. The third-order valence-electron chi connectivity index (χ3n) is 7.16. The van der Waals surface area contributed by atoms with Crippen molar-refractivity contribution in [3.05, 3.63) is 71.1 Å². The lowest BCUT2D eigenvalue weighted by Gasteiger charge is -2.37. The number of benzene rings is 1. The molecule has 0 bridgehead atoms. The van der Waals surface area contributed by atoms with E-state index in [1.807, 2.05) is 58.1 Å². The van der Waals surface area contributed by atoms with Gasteiger partial charge in [-0.1, -0.05) is 36.8 Å². The summed E-state index contributed by atoms with van der Waals surface area (Å²) in [7, 11) is 0. The molecule has 2 amide bonds. The summed E-state index contributed by atoms with van der Waals surface area (Å²) in [5.41, 5.74) is 1.79. The number of esters is 1. The summed E-state index contributed by atoms with van der Waals surface area (Å²) < 4.78 is 7.68. The van der Waals surface area contributed by atoms with Crippen molar-refractivity contribution in [3.63, 3.8) is 0 Å². The van der Waals surface area contributed by atoms with E-state index in [1.165, 1.54) is 0 Å². The van der Waals surface area contributed by atoms with Gasteiger partial charge in [-0.3, -0.25) is 9.59 Å². The maximum atomic E-state index is 13.3.